The van der Waals surface area contributed by atoms with Crippen molar-refractivity contribution in [3.8, 4) is 0 Å². The van der Waals surface area contributed by atoms with Crippen LogP contribution in [0.25, 0.3) is 0 Å². The first-order chi connectivity index (χ1) is 12.7. The Hall–Kier alpha value is -1.47. The van der Waals surface area contributed by atoms with Gasteiger partial charge in [-0.3, -0.25) is 9.71 Å². The molecule has 7 nitrogen and oxygen atoms in total. The molecule has 0 aliphatic rings. The number of rotatable bonds is 7. The fourth-order valence-electron chi connectivity index (χ4n) is 2.37. The molecule has 0 atom stereocenters. The lowest BCUT2D eigenvalue weighted by atomic mass is 10.2. The van der Waals surface area contributed by atoms with E-state index in [9.17, 15) is 12.8 Å². The number of guanidine groups is 1. The smallest absolute Gasteiger partial charge is 0.234 e. The largest absolute Gasteiger partial charge is 0.355 e. The van der Waals surface area contributed by atoms with Crippen LogP contribution in [-0.4, -0.2) is 50.7 Å². The molecule has 1 aromatic carbocycles. The monoisotopic (exact) mass is 541 g/mol. The Morgan fingerprint density at radius 3 is 2.64 bits per heavy atom. The Morgan fingerprint density at radius 2 is 2.07 bits per heavy atom. The predicted molar refractivity (Wildman–Crippen MR) is 124 cm³/mol. The molecule has 0 unspecified atom stereocenters. The van der Waals surface area contributed by atoms with Crippen molar-refractivity contribution in [2.24, 2.45) is 4.99 Å². The van der Waals surface area contributed by atoms with E-state index in [0.29, 0.717) is 18.1 Å². The molecule has 0 amide bonds. The van der Waals surface area contributed by atoms with Gasteiger partial charge in [0.05, 0.1) is 28.7 Å². The lowest BCUT2D eigenvalue weighted by Gasteiger charge is -2.21. The van der Waals surface area contributed by atoms with Crippen LogP contribution in [0.4, 0.5) is 10.1 Å². The molecule has 0 spiro atoms. The first kappa shape index (κ1) is 24.6. The average molecular weight is 541 g/mol. The predicted octanol–water partition coefficient (Wildman–Crippen LogP) is 2.97. The lowest BCUT2D eigenvalue weighted by molar-refractivity contribution is 0.472. The summed E-state index contributed by atoms with van der Waals surface area (Å²) in [6.07, 6.45) is 0. The minimum absolute atomic E-state index is 0. The summed E-state index contributed by atoms with van der Waals surface area (Å²) in [4.78, 5) is 10.4. The summed E-state index contributed by atoms with van der Waals surface area (Å²) in [5.74, 6) is -0.0598. The third-order valence-corrected chi connectivity index (χ3v) is 5.85. The van der Waals surface area contributed by atoms with Crippen LogP contribution < -0.4 is 10.0 Å². The maximum Gasteiger partial charge on any atom is 0.234 e. The summed E-state index contributed by atoms with van der Waals surface area (Å²) >= 11 is 1.58. The number of nitrogens with one attached hydrogen (secondary N) is 2. The van der Waals surface area contributed by atoms with Crippen LogP contribution in [0.1, 0.15) is 16.3 Å². The highest BCUT2D eigenvalue weighted by Crippen LogP contribution is 2.15. The normalized spacial score (nSPS) is 11.7. The third kappa shape index (κ3) is 7.51. The van der Waals surface area contributed by atoms with E-state index in [1.165, 1.54) is 18.2 Å². The molecule has 2 N–H and O–H groups in total. The van der Waals surface area contributed by atoms with Crippen LogP contribution in [0.3, 0.4) is 0 Å². The zero-order valence-electron chi connectivity index (χ0n) is 16.2. The molecule has 2 aromatic rings. The fraction of sp³-hybridized carbons (Fsp3) is 0.412. The van der Waals surface area contributed by atoms with E-state index >= 15 is 0 Å². The van der Waals surface area contributed by atoms with Gasteiger partial charge in [0.15, 0.2) is 5.96 Å². The molecular formula is C17H25FIN5O2S2. The number of benzene rings is 1. The molecule has 0 fully saturated rings. The topological polar surface area (TPSA) is 86.7 Å². The van der Waals surface area contributed by atoms with Crippen molar-refractivity contribution in [3.05, 3.63) is 45.7 Å². The summed E-state index contributed by atoms with van der Waals surface area (Å²) < 4.78 is 40.3. The van der Waals surface area contributed by atoms with Gasteiger partial charge in [-0.2, -0.15) is 0 Å². The molecule has 0 aliphatic carbocycles. The second kappa shape index (κ2) is 10.9. The van der Waals surface area contributed by atoms with E-state index in [4.69, 9.17) is 0 Å². The Morgan fingerprint density at radius 1 is 1.36 bits per heavy atom. The van der Waals surface area contributed by atoms with Crippen LogP contribution in [0.15, 0.2) is 28.6 Å². The summed E-state index contributed by atoms with van der Waals surface area (Å²) in [5.41, 5.74) is 1.60. The average Bonchev–Trinajstić information content (AvgIpc) is 2.99. The van der Waals surface area contributed by atoms with E-state index in [0.717, 1.165) is 10.7 Å². The van der Waals surface area contributed by atoms with Crippen molar-refractivity contribution in [2.75, 3.05) is 31.1 Å². The summed E-state index contributed by atoms with van der Waals surface area (Å²) in [6.45, 7) is 4.29. The number of thiazole rings is 1. The third-order valence-electron chi connectivity index (χ3n) is 3.74. The van der Waals surface area contributed by atoms with Gasteiger partial charge in [-0.15, -0.1) is 35.3 Å². The number of sulfonamides is 1. The Bertz CT molecular complexity index is 918. The minimum atomic E-state index is -3.61. The molecule has 0 aliphatic heterocycles. The van der Waals surface area contributed by atoms with Crippen LogP contribution in [0.5, 0.6) is 0 Å². The van der Waals surface area contributed by atoms with Crippen molar-refractivity contribution in [1.82, 2.24) is 15.2 Å². The molecule has 0 saturated heterocycles. The lowest BCUT2D eigenvalue weighted by Crippen LogP contribution is -2.41. The molecule has 156 valence electrons. The van der Waals surface area contributed by atoms with Gasteiger partial charge in [0.1, 0.15) is 5.82 Å². The summed E-state index contributed by atoms with van der Waals surface area (Å²) in [6, 6.07) is 4.23. The first-order valence-electron chi connectivity index (χ1n) is 8.29. The number of aryl methyl sites for hydroxylation is 2. The highest BCUT2D eigenvalue weighted by molar-refractivity contribution is 14.0. The minimum Gasteiger partial charge on any atom is -0.355 e. The number of aliphatic imine (C=N–C) groups is 1. The first-order valence-corrected chi connectivity index (χ1v) is 10.8. The number of aromatic nitrogens is 1. The van der Waals surface area contributed by atoms with Gasteiger partial charge in [0.25, 0.3) is 0 Å². The Kier molecular flexibility index (Phi) is 9.57. The van der Waals surface area contributed by atoms with Crippen molar-refractivity contribution >= 4 is 57.0 Å². The van der Waals surface area contributed by atoms with Crippen molar-refractivity contribution in [2.45, 2.75) is 20.4 Å². The van der Waals surface area contributed by atoms with Crippen LogP contribution in [0.2, 0.25) is 0 Å². The number of hydrogen-bond acceptors (Lipinski definition) is 5. The van der Waals surface area contributed by atoms with Gasteiger partial charge >= 0.3 is 0 Å². The van der Waals surface area contributed by atoms with Crippen LogP contribution in [-0.2, 0) is 16.6 Å². The second-order valence-corrected chi connectivity index (χ2v) is 8.98. The Labute approximate surface area is 186 Å². The highest BCUT2D eigenvalue weighted by atomic mass is 127. The highest BCUT2D eigenvalue weighted by Gasteiger charge is 2.13. The van der Waals surface area contributed by atoms with Gasteiger partial charge in [-0.05, 0) is 31.5 Å². The summed E-state index contributed by atoms with van der Waals surface area (Å²) in [5, 5.41) is 5.99. The van der Waals surface area contributed by atoms with E-state index in [2.05, 4.69) is 20.0 Å². The molecule has 0 radical (unpaired) electrons. The number of hydrogen-bond donors (Lipinski definition) is 2. The molecule has 28 heavy (non-hydrogen) atoms. The van der Waals surface area contributed by atoms with E-state index in [-0.39, 0.29) is 42.0 Å². The molecule has 0 bridgehead atoms. The van der Waals surface area contributed by atoms with Crippen LogP contribution in [0, 0.1) is 19.7 Å². The van der Waals surface area contributed by atoms with E-state index in [1.807, 2.05) is 24.3 Å². The number of anilines is 1. The second-order valence-electron chi connectivity index (χ2n) is 6.07. The Balaban J connectivity index is 0.00000392. The van der Waals surface area contributed by atoms with Gasteiger partial charge < -0.3 is 10.2 Å². The number of nitrogens with zero attached hydrogens (tertiary/aromatic N) is 3. The number of halogens is 2. The van der Waals surface area contributed by atoms with Gasteiger partial charge in [-0.25, -0.2) is 17.8 Å². The maximum absolute atomic E-state index is 13.6. The molecule has 1 aromatic heterocycles. The maximum atomic E-state index is 13.6. The SMILES string of the molecule is CN=C(NCCS(=O)(=O)Nc1ccc(C)c(F)c1)N(C)Cc1csc(C)n1.I. The van der Waals surface area contributed by atoms with Gasteiger partial charge in [0, 0.05) is 26.0 Å². The van der Waals surface area contributed by atoms with Crippen molar-refractivity contribution < 1.29 is 12.8 Å². The molecular weight excluding hydrogens is 516 g/mol. The van der Waals surface area contributed by atoms with E-state index < -0.39 is 15.8 Å². The van der Waals surface area contributed by atoms with Crippen LogP contribution >= 0.6 is 35.3 Å². The van der Waals surface area contributed by atoms with E-state index in [1.54, 1.807) is 25.3 Å². The zero-order valence-corrected chi connectivity index (χ0v) is 20.2. The van der Waals surface area contributed by atoms with Gasteiger partial charge in [0.2, 0.25) is 10.0 Å². The molecule has 2 rings (SSSR count). The quantitative estimate of drug-likeness (QED) is 0.320. The molecule has 1 heterocycles. The summed E-state index contributed by atoms with van der Waals surface area (Å²) in [7, 11) is -0.128. The van der Waals surface area contributed by atoms with Crippen molar-refractivity contribution in [1.29, 1.82) is 0 Å². The zero-order chi connectivity index (χ0) is 20.0. The molecule has 0 saturated carbocycles. The molecule has 11 heteroatoms. The van der Waals surface area contributed by atoms with Crippen molar-refractivity contribution in [3.63, 3.8) is 0 Å². The van der Waals surface area contributed by atoms with Gasteiger partial charge in [-0.1, -0.05) is 6.07 Å². The standard InChI is InChI=1S/C17H24FN5O2S2.HI/c1-12-5-6-14(9-16(12)18)22-27(24,25)8-7-20-17(19-3)23(4)10-15-11-26-13(2)21-15;/h5-6,9,11,22H,7-8,10H2,1-4H3,(H,19,20);1H. The fourth-order valence-corrected chi connectivity index (χ4v) is 3.93.